The maximum atomic E-state index is 12.5. The maximum absolute atomic E-state index is 12.5. The summed E-state index contributed by atoms with van der Waals surface area (Å²) in [6.07, 6.45) is 0.575. The van der Waals surface area contributed by atoms with Gasteiger partial charge in [0.05, 0.1) is 15.9 Å². The number of hydrogen-bond donors (Lipinski definition) is 3. The van der Waals surface area contributed by atoms with Gasteiger partial charge in [0.15, 0.2) is 0 Å². The Morgan fingerprint density at radius 1 is 0.968 bits per heavy atom. The van der Waals surface area contributed by atoms with Crippen LogP contribution in [-0.4, -0.2) is 30.8 Å². The Bertz CT molecular complexity index is 1280. The molecule has 0 atom stereocenters. The zero-order valence-corrected chi connectivity index (χ0v) is 18.7. The van der Waals surface area contributed by atoms with Gasteiger partial charge >= 0.3 is 0 Å². The van der Waals surface area contributed by atoms with Crippen LogP contribution in [0.2, 0.25) is 0 Å². The maximum Gasteiger partial charge on any atom is 0.261 e. The molecule has 4 rings (SSSR count). The molecule has 0 saturated heterocycles. The Morgan fingerprint density at radius 3 is 2.39 bits per heavy atom. The lowest BCUT2D eigenvalue weighted by Crippen LogP contribution is -2.26. The predicted molar refractivity (Wildman–Crippen MR) is 124 cm³/mol. The molecule has 0 bridgehead atoms. The van der Waals surface area contributed by atoms with Gasteiger partial charge in [-0.2, -0.15) is 0 Å². The molecule has 7 nitrogen and oxygen atoms in total. The number of amides is 1. The standard InChI is InChI=1S/C22H19BrN4O3S/c23-16-7-11-18(12-8-16)31(29,30)27-17-9-5-15(6-10-17)22(28)24-14-13-21-25-19-3-1-2-4-20(19)26-21/h1-12,27H,13-14H2,(H,24,28)(H,25,26). The van der Waals surface area contributed by atoms with Gasteiger partial charge in [0.1, 0.15) is 5.82 Å². The second-order valence-electron chi connectivity index (χ2n) is 6.84. The van der Waals surface area contributed by atoms with Crippen molar-refractivity contribution in [3.63, 3.8) is 0 Å². The van der Waals surface area contributed by atoms with Gasteiger partial charge in [-0.25, -0.2) is 13.4 Å². The average Bonchev–Trinajstić information content (AvgIpc) is 3.17. The van der Waals surface area contributed by atoms with E-state index < -0.39 is 10.0 Å². The van der Waals surface area contributed by atoms with Crippen molar-refractivity contribution in [2.75, 3.05) is 11.3 Å². The van der Waals surface area contributed by atoms with E-state index in [-0.39, 0.29) is 10.8 Å². The number of anilines is 1. The fourth-order valence-corrected chi connectivity index (χ4v) is 4.36. The van der Waals surface area contributed by atoms with Crippen LogP contribution in [0.25, 0.3) is 11.0 Å². The molecule has 1 aromatic heterocycles. The number of para-hydroxylation sites is 2. The van der Waals surface area contributed by atoms with E-state index in [4.69, 9.17) is 0 Å². The molecule has 9 heteroatoms. The molecular weight excluding hydrogens is 480 g/mol. The van der Waals surface area contributed by atoms with Gasteiger partial charge in [-0.15, -0.1) is 0 Å². The Morgan fingerprint density at radius 2 is 1.68 bits per heavy atom. The number of nitrogens with zero attached hydrogens (tertiary/aromatic N) is 1. The highest BCUT2D eigenvalue weighted by atomic mass is 79.9. The number of imidazole rings is 1. The first-order valence-electron chi connectivity index (χ1n) is 9.51. The topological polar surface area (TPSA) is 104 Å². The van der Waals surface area contributed by atoms with Gasteiger partial charge in [0.25, 0.3) is 15.9 Å². The summed E-state index contributed by atoms with van der Waals surface area (Å²) in [6.45, 7) is 0.427. The number of aromatic amines is 1. The third-order valence-corrected chi connectivity index (χ3v) is 6.53. The third-order valence-electron chi connectivity index (χ3n) is 4.61. The van der Waals surface area contributed by atoms with Gasteiger partial charge in [0, 0.05) is 28.7 Å². The molecule has 0 aliphatic heterocycles. The minimum absolute atomic E-state index is 0.156. The lowest BCUT2D eigenvalue weighted by Gasteiger charge is -2.09. The van der Waals surface area contributed by atoms with E-state index in [2.05, 4.69) is 35.9 Å². The smallest absolute Gasteiger partial charge is 0.261 e. The molecule has 3 aromatic carbocycles. The van der Waals surface area contributed by atoms with Crippen LogP contribution >= 0.6 is 15.9 Å². The van der Waals surface area contributed by atoms with Gasteiger partial charge in [-0.05, 0) is 60.7 Å². The normalized spacial score (nSPS) is 11.4. The molecule has 0 radical (unpaired) electrons. The number of nitrogens with one attached hydrogen (secondary N) is 3. The van der Waals surface area contributed by atoms with E-state index in [1.807, 2.05) is 24.3 Å². The van der Waals surface area contributed by atoms with E-state index in [0.29, 0.717) is 24.2 Å². The van der Waals surface area contributed by atoms with Crippen LogP contribution in [0.3, 0.4) is 0 Å². The summed E-state index contributed by atoms with van der Waals surface area (Å²) >= 11 is 3.28. The van der Waals surface area contributed by atoms with Crippen LogP contribution in [-0.2, 0) is 16.4 Å². The van der Waals surface area contributed by atoms with Crippen molar-refractivity contribution in [1.82, 2.24) is 15.3 Å². The summed E-state index contributed by atoms with van der Waals surface area (Å²) in [5.74, 6) is 0.567. The van der Waals surface area contributed by atoms with E-state index in [0.717, 1.165) is 21.3 Å². The Balaban J connectivity index is 1.33. The highest BCUT2D eigenvalue weighted by Gasteiger charge is 2.14. The molecule has 1 heterocycles. The second-order valence-corrected chi connectivity index (χ2v) is 9.44. The van der Waals surface area contributed by atoms with Gasteiger partial charge in [-0.3, -0.25) is 9.52 Å². The van der Waals surface area contributed by atoms with Crippen molar-refractivity contribution in [3.8, 4) is 0 Å². The van der Waals surface area contributed by atoms with E-state index >= 15 is 0 Å². The fraction of sp³-hybridized carbons (Fsp3) is 0.0909. The lowest BCUT2D eigenvalue weighted by atomic mass is 10.2. The van der Waals surface area contributed by atoms with Crippen LogP contribution in [0.4, 0.5) is 5.69 Å². The minimum atomic E-state index is -3.70. The third kappa shape index (κ3) is 5.12. The van der Waals surface area contributed by atoms with Crippen molar-refractivity contribution in [2.45, 2.75) is 11.3 Å². The van der Waals surface area contributed by atoms with Crippen LogP contribution in [0.15, 0.2) is 82.2 Å². The number of benzene rings is 3. The summed E-state index contributed by atoms with van der Waals surface area (Å²) in [4.78, 5) is 20.2. The molecule has 0 spiro atoms. The zero-order chi connectivity index (χ0) is 21.8. The molecular formula is C22H19BrN4O3S. The van der Waals surface area contributed by atoms with Crippen molar-refractivity contribution >= 4 is 48.6 Å². The SMILES string of the molecule is O=C(NCCc1nc2ccccc2[nH]1)c1ccc(NS(=O)(=O)c2ccc(Br)cc2)cc1. The second kappa shape index (κ2) is 8.91. The largest absolute Gasteiger partial charge is 0.352 e. The fourth-order valence-electron chi connectivity index (χ4n) is 3.04. The summed E-state index contributed by atoms with van der Waals surface area (Å²) in [6, 6.07) is 20.4. The lowest BCUT2D eigenvalue weighted by molar-refractivity contribution is 0.0954. The number of carbonyl (C=O) groups is 1. The van der Waals surface area contributed by atoms with Crippen molar-refractivity contribution < 1.29 is 13.2 Å². The monoisotopic (exact) mass is 498 g/mol. The number of hydrogen-bond acceptors (Lipinski definition) is 4. The first kappa shape index (κ1) is 21.1. The number of carbonyl (C=O) groups excluding carboxylic acids is 1. The van der Waals surface area contributed by atoms with E-state index in [1.54, 1.807) is 36.4 Å². The summed E-state index contributed by atoms with van der Waals surface area (Å²) in [5, 5.41) is 2.85. The number of fused-ring (bicyclic) bond motifs is 1. The Kier molecular flexibility index (Phi) is 6.06. The molecule has 158 valence electrons. The van der Waals surface area contributed by atoms with Crippen LogP contribution < -0.4 is 10.0 Å². The Labute approximate surface area is 188 Å². The Hall–Kier alpha value is -3.17. The molecule has 3 N–H and O–H groups in total. The zero-order valence-electron chi connectivity index (χ0n) is 16.3. The summed E-state index contributed by atoms with van der Waals surface area (Å²) in [5.41, 5.74) is 2.67. The van der Waals surface area contributed by atoms with Gasteiger partial charge < -0.3 is 10.3 Å². The molecule has 0 unspecified atom stereocenters. The van der Waals surface area contributed by atoms with E-state index in [9.17, 15) is 13.2 Å². The predicted octanol–water partition coefficient (Wildman–Crippen LogP) is 4.10. The summed E-state index contributed by atoms with van der Waals surface area (Å²) in [7, 11) is -3.70. The number of H-pyrrole nitrogens is 1. The number of aromatic nitrogens is 2. The van der Waals surface area contributed by atoms with Crippen molar-refractivity contribution in [3.05, 3.63) is 88.7 Å². The van der Waals surface area contributed by atoms with Crippen LogP contribution in [0.1, 0.15) is 16.2 Å². The summed E-state index contributed by atoms with van der Waals surface area (Å²) < 4.78 is 28.2. The van der Waals surface area contributed by atoms with Crippen molar-refractivity contribution in [2.24, 2.45) is 0 Å². The highest BCUT2D eigenvalue weighted by molar-refractivity contribution is 9.10. The van der Waals surface area contributed by atoms with Crippen LogP contribution in [0, 0.1) is 0 Å². The first-order chi connectivity index (χ1) is 14.9. The molecule has 0 fully saturated rings. The molecule has 0 aliphatic rings. The quantitative estimate of drug-likeness (QED) is 0.356. The number of halogens is 1. The molecule has 1 amide bonds. The molecule has 4 aromatic rings. The minimum Gasteiger partial charge on any atom is -0.352 e. The van der Waals surface area contributed by atoms with Gasteiger partial charge in [0.2, 0.25) is 0 Å². The van der Waals surface area contributed by atoms with Gasteiger partial charge in [-0.1, -0.05) is 28.1 Å². The number of sulfonamides is 1. The van der Waals surface area contributed by atoms with E-state index in [1.165, 1.54) is 12.1 Å². The van der Waals surface area contributed by atoms with Crippen molar-refractivity contribution in [1.29, 1.82) is 0 Å². The molecule has 0 saturated carbocycles. The molecule has 31 heavy (non-hydrogen) atoms. The average molecular weight is 499 g/mol. The van der Waals surface area contributed by atoms with Crippen LogP contribution in [0.5, 0.6) is 0 Å². The number of rotatable bonds is 7. The molecule has 0 aliphatic carbocycles. The highest BCUT2D eigenvalue weighted by Crippen LogP contribution is 2.19. The first-order valence-corrected chi connectivity index (χ1v) is 11.8.